The second-order valence-electron chi connectivity index (χ2n) is 6.05. The highest BCUT2D eigenvalue weighted by Crippen LogP contribution is 2.26. The molecule has 0 aromatic carbocycles. The number of imidazole rings is 1. The molecular formula is C17H19N5. The fraction of sp³-hybridized carbons (Fsp3) is 0.412. The summed E-state index contributed by atoms with van der Waals surface area (Å²) in [6.45, 7) is 1.00. The Kier molecular flexibility index (Phi) is 3.54. The Bertz CT molecular complexity index is 759. The van der Waals surface area contributed by atoms with Crippen LogP contribution in [0.4, 0.5) is 0 Å². The fourth-order valence-corrected chi connectivity index (χ4v) is 3.27. The number of pyridine rings is 1. The summed E-state index contributed by atoms with van der Waals surface area (Å²) in [6, 6.07) is 3.92. The van der Waals surface area contributed by atoms with Crippen LogP contribution in [0.25, 0.3) is 22.6 Å². The molecule has 3 aromatic heterocycles. The zero-order chi connectivity index (χ0) is 14.8. The van der Waals surface area contributed by atoms with E-state index in [0.717, 1.165) is 35.0 Å². The van der Waals surface area contributed by atoms with E-state index in [1.807, 2.05) is 24.7 Å². The molecule has 0 amide bonds. The van der Waals surface area contributed by atoms with Gasteiger partial charge in [0.05, 0.1) is 18.2 Å². The Morgan fingerprint density at radius 1 is 1.09 bits per heavy atom. The van der Waals surface area contributed by atoms with Crippen molar-refractivity contribution in [1.29, 1.82) is 0 Å². The van der Waals surface area contributed by atoms with Gasteiger partial charge in [-0.05, 0) is 30.9 Å². The highest BCUT2D eigenvalue weighted by molar-refractivity contribution is 5.70. The van der Waals surface area contributed by atoms with Crippen LogP contribution in [0.15, 0.2) is 37.1 Å². The molecular weight excluding hydrogens is 274 g/mol. The summed E-state index contributed by atoms with van der Waals surface area (Å²) in [5.74, 6) is 0.745. The van der Waals surface area contributed by atoms with Crippen molar-refractivity contribution < 1.29 is 0 Å². The van der Waals surface area contributed by atoms with Crippen molar-refractivity contribution in [3.8, 4) is 11.3 Å². The highest BCUT2D eigenvalue weighted by Gasteiger charge is 2.16. The molecule has 3 heterocycles. The number of hydrogen-bond donors (Lipinski definition) is 0. The first-order valence-corrected chi connectivity index (χ1v) is 7.98. The molecule has 0 radical (unpaired) electrons. The average Bonchev–Trinajstić information content (AvgIpc) is 2.99. The van der Waals surface area contributed by atoms with E-state index in [1.165, 1.54) is 32.1 Å². The zero-order valence-electron chi connectivity index (χ0n) is 12.5. The maximum absolute atomic E-state index is 4.77. The molecule has 3 aromatic rings. The summed E-state index contributed by atoms with van der Waals surface area (Å²) in [7, 11) is 0. The Morgan fingerprint density at radius 2 is 2.00 bits per heavy atom. The lowest BCUT2D eigenvalue weighted by molar-refractivity contribution is 0.321. The van der Waals surface area contributed by atoms with Crippen molar-refractivity contribution in [3.05, 3.63) is 37.1 Å². The van der Waals surface area contributed by atoms with E-state index >= 15 is 0 Å². The van der Waals surface area contributed by atoms with E-state index in [9.17, 15) is 0 Å². The standard InChI is InChI=1S/C17H19N5/c1-2-5-13(6-3-1)11-22-12-20-16-17(22)21-15(10-19-16)14-7-4-8-18-9-14/h4,7-10,12-13H,1-3,5-6,11H2. The van der Waals surface area contributed by atoms with E-state index in [0.29, 0.717) is 0 Å². The van der Waals surface area contributed by atoms with Crippen LogP contribution in [-0.2, 0) is 6.54 Å². The molecule has 5 nitrogen and oxygen atoms in total. The molecule has 1 saturated carbocycles. The van der Waals surface area contributed by atoms with Crippen molar-refractivity contribution in [2.45, 2.75) is 38.6 Å². The summed E-state index contributed by atoms with van der Waals surface area (Å²) >= 11 is 0. The molecule has 0 saturated heterocycles. The molecule has 112 valence electrons. The average molecular weight is 293 g/mol. The number of hydrogen-bond acceptors (Lipinski definition) is 4. The van der Waals surface area contributed by atoms with Crippen LogP contribution < -0.4 is 0 Å². The minimum absolute atomic E-state index is 0.725. The van der Waals surface area contributed by atoms with Gasteiger partial charge in [0.25, 0.3) is 0 Å². The van der Waals surface area contributed by atoms with Crippen molar-refractivity contribution in [2.75, 3.05) is 0 Å². The van der Waals surface area contributed by atoms with Crippen molar-refractivity contribution in [2.24, 2.45) is 5.92 Å². The molecule has 4 rings (SSSR count). The molecule has 22 heavy (non-hydrogen) atoms. The van der Waals surface area contributed by atoms with Gasteiger partial charge in [0.15, 0.2) is 11.3 Å². The minimum Gasteiger partial charge on any atom is -0.314 e. The third-order valence-electron chi connectivity index (χ3n) is 4.46. The Labute approximate surface area is 129 Å². The molecule has 0 aliphatic heterocycles. The van der Waals surface area contributed by atoms with Crippen LogP contribution in [0, 0.1) is 5.92 Å². The van der Waals surface area contributed by atoms with Crippen LogP contribution >= 0.6 is 0 Å². The largest absolute Gasteiger partial charge is 0.314 e. The molecule has 0 spiro atoms. The molecule has 1 fully saturated rings. The highest BCUT2D eigenvalue weighted by atomic mass is 15.1. The van der Waals surface area contributed by atoms with Gasteiger partial charge in [-0.25, -0.2) is 15.0 Å². The maximum atomic E-state index is 4.77. The van der Waals surface area contributed by atoms with Gasteiger partial charge in [0.1, 0.15) is 0 Å². The number of fused-ring (bicyclic) bond motifs is 1. The molecule has 0 N–H and O–H groups in total. The van der Waals surface area contributed by atoms with Crippen LogP contribution in [0.5, 0.6) is 0 Å². The maximum Gasteiger partial charge on any atom is 0.197 e. The summed E-state index contributed by atoms with van der Waals surface area (Å²) in [5, 5.41) is 0. The van der Waals surface area contributed by atoms with Gasteiger partial charge >= 0.3 is 0 Å². The lowest BCUT2D eigenvalue weighted by Gasteiger charge is -2.21. The lowest BCUT2D eigenvalue weighted by Crippen LogP contribution is -2.13. The SMILES string of the molecule is c1cncc(-c2cnc3ncn(CC4CCCCC4)c3n2)c1. The van der Waals surface area contributed by atoms with Crippen LogP contribution in [0.1, 0.15) is 32.1 Å². The molecule has 0 unspecified atom stereocenters. The third-order valence-corrected chi connectivity index (χ3v) is 4.46. The van der Waals surface area contributed by atoms with Gasteiger partial charge in [-0.15, -0.1) is 0 Å². The lowest BCUT2D eigenvalue weighted by atomic mass is 9.89. The summed E-state index contributed by atoms with van der Waals surface area (Å²) in [4.78, 5) is 17.8. The molecule has 0 atom stereocenters. The molecule has 0 bridgehead atoms. The Morgan fingerprint density at radius 3 is 2.82 bits per heavy atom. The van der Waals surface area contributed by atoms with E-state index in [-0.39, 0.29) is 0 Å². The topological polar surface area (TPSA) is 56.5 Å². The second kappa shape index (κ2) is 5.83. The van der Waals surface area contributed by atoms with E-state index in [2.05, 4.69) is 19.5 Å². The molecule has 1 aliphatic carbocycles. The smallest absolute Gasteiger partial charge is 0.197 e. The number of aromatic nitrogens is 5. The van der Waals surface area contributed by atoms with E-state index in [1.54, 1.807) is 12.4 Å². The summed E-state index contributed by atoms with van der Waals surface area (Å²) in [5.41, 5.74) is 3.45. The van der Waals surface area contributed by atoms with Gasteiger partial charge < -0.3 is 4.57 Å². The van der Waals surface area contributed by atoms with Crippen molar-refractivity contribution >= 4 is 11.3 Å². The summed E-state index contributed by atoms with van der Waals surface area (Å²) in [6.07, 6.45) is 14.0. The zero-order valence-corrected chi connectivity index (χ0v) is 12.5. The monoisotopic (exact) mass is 293 g/mol. The fourth-order valence-electron chi connectivity index (χ4n) is 3.27. The molecule has 5 heteroatoms. The van der Waals surface area contributed by atoms with Gasteiger partial charge in [0.2, 0.25) is 0 Å². The number of rotatable bonds is 3. The van der Waals surface area contributed by atoms with Gasteiger partial charge in [-0.3, -0.25) is 4.98 Å². The first-order valence-electron chi connectivity index (χ1n) is 7.98. The third kappa shape index (κ3) is 2.58. The normalized spacial score (nSPS) is 16.2. The first-order chi connectivity index (χ1) is 10.9. The predicted octanol–water partition coefficient (Wildman–Crippen LogP) is 3.47. The summed E-state index contributed by atoms with van der Waals surface area (Å²) < 4.78 is 2.16. The van der Waals surface area contributed by atoms with Crippen LogP contribution in [0.3, 0.4) is 0 Å². The van der Waals surface area contributed by atoms with Gasteiger partial charge in [0, 0.05) is 24.5 Å². The Hall–Kier alpha value is -2.30. The quantitative estimate of drug-likeness (QED) is 0.742. The second-order valence-corrected chi connectivity index (χ2v) is 6.05. The Balaban J connectivity index is 1.67. The molecule has 1 aliphatic rings. The van der Waals surface area contributed by atoms with Crippen molar-refractivity contribution in [3.63, 3.8) is 0 Å². The predicted molar refractivity (Wildman–Crippen MR) is 85.1 cm³/mol. The van der Waals surface area contributed by atoms with Gasteiger partial charge in [-0.2, -0.15) is 0 Å². The van der Waals surface area contributed by atoms with Crippen molar-refractivity contribution in [1.82, 2.24) is 24.5 Å². The van der Waals surface area contributed by atoms with Crippen LogP contribution in [0.2, 0.25) is 0 Å². The number of nitrogens with zero attached hydrogens (tertiary/aromatic N) is 5. The van der Waals surface area contributed by atoms with Gasteiger partial charge in [-0.1, -0.05) is 19.3 Å². The minimum atomic E-state index is 0.725. The van der Waals surface area contributed by atoms with E-state index < -0.39 is 0 Å². The van der Waals surface area contributed by atoms with E-state index in [4.69, 9.17) is 4.98 Å². The first kappa shape index (κ1) is 13.4. The van der Waals surface area contributed by atoms with Crippen LogP contribution in [-0.4, -0.2) is 24.5 Å².